The largest absolute Gasteiger partial charge is 0.480 e. The Kier molecular flexibility index (Phi) is 1.57. The molecule has 1 N–H and O–H groups in total. The number of carbonyl (C=O) groups excluding carboxylic acids is 1. The molecule has 1 heterocycles. The first-order valence-electron chi connectivity index (χ1n) is 2.30. The maximum atomic E-state index is 10.5. The summed E-state index contributed by atoms with van der Waals surface area (Å²) < 4.78 is 0. The van der Waals surface area contributed by atoms with Gasteiger partial charge in [-0.3, -0.25) is 9.59 Å². The van der Waals surface area contributed by atoms with Crippen LogP contribution in [0.15, 0.2) is 11.5 Å². The van der Waals surface area contributed by atoms with Gasteiger partial charge in [0.15, 0.2) is 11.0 Å². The number of carbonyl (C=O) groups is 2. The van der Waals surface area contributed by atoms with Gasteiger partial charge in [-0.15, -0.1) is 11.8 Å². The average molecular weight is 144 g/mol. The van der Waals surface area contributed by atoms with Crippen LogP contribution in [0.5, 0.6) is 0 Å². The summed E-state index contributed by atoms with van der Waals surface area (Å²) in [6, 6.07) is 0. The standard InChI is InChI=1S/C5H4O3S/c6-3-1-2-9-4(3)5(7)8/h1-2,4H,(H,7,8). The summed E-state index contributed by atoms with van der Waals surface area (Å²) in [6.45, 7) is 0. The minimum atomic E-state index is -1.06. The molecule has 0 bridgehead atoms. The summed E-state index contributed by atoms with van der Waals surface area (Å²) in [5.74, 6) is -1.39. The molecule has 9 heavy (non-hydrogen) atoms. The van der Waals surface area contributed by atoms with Crippen LogP contribution in [0.1, 0.15) is 0 Å². The number of carboxylic acid groups (broad SMARTS) is 1. The molecule has 0 aliphatic carbocycles. The van der Waals surface area contributed by atoms with Crippen molar-refractivity contribution in [3.63, 3.8) is 0 Å². The lowest BCUT2D eigenvalue weighted by atomic mass is 10.3. The molecule has 3 nitrogen and oxygen atoms in total. The summed E-state index contributed by atoms with van der Waals surface area (Å²) in [5.41, 5.74) is 0. The van der Waals surface area contributed by atoms with Gasteiger partial charge in [0.2, 0.25) is 0 Å². The minimum absolute atomic E-state index is 0.326. The van der Waals surface area contributed by atoms with Gasteiger partial charge in [0.25, 0.3) is 0 Å². The van der Waals surface area contributed by atoms with Gasteiger partial charge in [-0.25, -0.2) is 0 Å². The molecule has 0 aromatic rings. The molecule has 0 radical (unpaired) electrons. The van der Waals surface area contributed by atoms with Crippen LogP contribution in [0.4, 0.5) is 0 Å². The lowest BCUT2D eigenvalue weighted by molar-refractivity contribution is -0.138. The molecule has 1 atom stereocenters. The van der Waals surface area contributed by atoms with Crippen LogP contribution in [0.3, 0.4) is 0 Å². The van der Waals surface area contributed by atoms with Crippen molar-refractivity contribution in [3.8, 4) is 0 Å². The van der Waals surface area contributed by atoms with E-state index in [0.717, 1.165) is 11.8 Å². The zero-order chi connectivity index (χ0) is 6.85. The molecule has 4 heteroatoms. The van der Waals surface area contributed by atoms with E-state index in [1.807, 2.05) is 0 Å². The van der Waals surface area contributed by atoms with E-state index >= 15 is 0 Å². The van der Waals surface area contributed by atoms with Crippen molar-refractivity contribution in [2.75, 3.05) is 0 Å². The number of rotatable bonds is 1. The number of hydrogen-bond acceptors (Lipinski definition) is 3. The number of aliphatic carboxylic acids is 1. The zero-order valence-electron chi connectivity index (χ0n) is 4.40. The second-order valence-electron chi connectivity index (χ2n) is 1.56. The highest BCUT2D eigenvalue weighted by molar-refractivity contribution is 8.04. The Morgan fingerprint density at radius 3 is 2.67 bits per heavy atom. The Morgan fingerprint density at radius 1 is 1.78 bits per heavy atom. The predicted molar refractivity (Wildman–Crippen MR) is 33.2 cm³/mol. The summed E-state index contributed by atoms with van der Waals surface area (Å²) in [5, 5.41) is 8.92. The normalized spacial score (nSPS) is 24.9. The van der Waals surface area contributed by atoms with Crippen molar-refractivity contribution in [1.29, 1.82) is 0 Å². The van der Waals surface area contributed by atoms with Crippen molar-refractivity contribution in [1.82, 2.24) is 0 Å². The minimum Gasteiger partial charge on any atom is -0.480 e. The molecular formula is C5H4O3S. The maximum absolute atomic E-state index is 10.5. The number of ketones is 1. The van der Waals surface area contributed by atoms with Gasteiger partial charge in [0.05, 0.1) is 0 Å². The van der Waals surface area contributed by atoms with Gasteiger partial charge in [-0.05, 0) is 11.5 Å². The molecule has 0 saturated carbocycles. The smallest absolute Gasteiger partial charge is 0.325 e. The Morgan fingerprint density at radius 2 is 2.44 bits per heavy atom. The van der Waals surface area contributed by atoms with Crippen LogP contribution >= 0.6 is 11.8 Å². The van der Waals surface area contributed by atoms with Crippen molar-refractivity contribution in [3.05, 3.63) is 11.5 Å². The molecule has 0 amide bonds. The fraction of sp³-hybridized carbons (Fsp3) is 0.200. The predicted octanol–water partition coefficient (Wildman–Crippen LogP) is 0.269. The van der Waals surface area contributed by atoms with E-state index in [2.05, 4.69) is 0 Å². The molecule has 1 aliphatic rings. The van der Waals surface area contributed by atoms with Crippen LogP contribution < -0.4 is 0 Å². The SMILES string of the molecule is O=C(O)C1SC=CC1=O. The Labute approximate surface area is 55.7 Å². The van der Waals surface area contributed by atoms with Crippen LogP contribution in [0.25, 0.3) is 0 Å². The molecule has 0 saturated heterocycles. The third-order valence-corrected chi connectivity index (χ3v) is 1.93. The highest BCUT2D eigenvalue weighted by Gasteiger charge is 2.27. The Balaban J connectivity index is 2.66. The van der Waals surface area contributed by atoms with Gasteiger partial charge in [0.1, 0.15) is 0 Å². The van der Waals surface area contributed by atoms with Crippen LogP contribution in [-0.2, 0) is 9.59 Å². The van der Waals surface area contributed by atoms with E-state index in [0.29, 0.717) is 0 Å². The first kappa shape index (κ1) is 6.35. The first-order chi connectivity index (χ1) is 4.22. The Hall–Kier alpha value is -0.770. The van der Waals surface area contributed by atoms with Gasteiger partial charge in [-0.2, -0.15) is 0 Å². The van der Waals surface area contributed by atoms with Crippen molar-refractivity contribution < 1.29 is 14.7 Å². The van der Waals surface area contributed by atoms with E-state index in [1.54, 1.807) is 0 Å². The van der Waals surface area contributed by atoms with Gasteiger partial charge >= 0.3 is 5.97 Å². The van der Waals surface area contributed by atoms with Crippen molar-refractivity contribution >= 4 is 23.5 Å². The second kappa shape index (κ2) is 2.23. The molecule has 0 aromatic carbocycles. The highest BCUT2D eigenvalue weighted by atomic mass is 32.2. The lowest BCUT2D eigenvalue weighted by Crippen LogP contribution is -2.21. The van der Waals surface area contributed by atoms with E-state index in [-0.39, 0.29) is 5.78 Å². The van der Waals surface area contributed by atoms with E-state index in [1.165, 1.54) is 11.5 Å². The quantitative estimate of drug-likeness (QED) is 0.537. The number of carboxylic acids is 1. The summed E-state index contributed by atoms with van der Waals surface area (Å²) in [4.78, 5) is 20.7. The zero-order valence-corrected chi connectivity index (χ0v) is 5.22. The second-order valence-corrected chi connectivity index (χ2v) is 2.58. The first-order valence-corrected chi connectivity index (χ1v) is 3.25. The van der Waals surface area contributed by atoms with Crippen molar-refractivity contribution in [2.24, 2.45) is 0 Å². The maximum Gasteiger partial charge on any atom is 0.325 e. The molecule has 0 fully saturated rings. The average Bonchev–Trinajstić information content (AvgIpc) is 2.13. The summed E-state index contributed by atoms with van der Waals surface area (Å²) >= 11 is 1.03. The molecular weight excluding hydrogens is 140 g/mol. The monoisotopic (exact) mass is 144 g/mol. The summed E-state index contributed by atoms with van der Waals surface area (Å²) in [7, 11) is 0. The van der Waals surface area contributed by atoms with Gasteiger partial charge < -0.3 is 5.11 Å². The van der Waals surface area contributed by atoms with Gasteiger partial charge in [0, 0.05) is 0 Å². The topological polar surface area (TPSA) is 54.4 Å². The molecule has 1 unspecified atom stereocenters. The van der Waals surface area contributed by atoms with Crippen LogP contribution in [-0.4, -0.2) is 22.1 Å². The number of hydrogen-bond donors (Lipinski definition) is 1. The molecule has 0 aromatic heterocycles. The molecule has 1 aliphatic heterocycles. The lowest BCUT2D eigenvalue weighted by Gasteiger charge is -1.96. The fourth-order valence-corrected chi connectivity index (χ4v) is 1.22. The fourth-order valence-electron chi connectivity index (χ4n) is 0.519. The van der Waals surface area contributed by atoms with Gasteiger partial charge in [-0.1, -0.05) is 0 Å². The van der Waals surface area contributed by atoms with Crippen molar-refractivity contribution in [2.45, 2.75) is 5.25 Å². The van der Waals surface area contributed by atoms with E-state index < -0.39 is 11.2 Å². The van der Waals surface area contributed by atoms with E-state index in [4.69, 9.17) is 5.11 Å². The molecule has 48 valence electrons. The molecule has 0 spiro atoms. The number of allylic oxidation sites excluding steroid dienone is 1. The van der Waals surface area contributed by atoms with Crippen LogP contribution in [0.2, 0.25) is 0 Å². The summed E-state index contributed by atoms with van der Waals surface area (Å²) in [6.07, 6.45) is 1.28. The van der Waals surface area contributed by atoms with Crippen LogP contribution in [0, 0.1) is 0 Å². The Bertz CT molecular complexity index is 185. The third kappa shape index (κ3) is 1.13. The third-order valence-electron chi connectivity index (χ3n) is 0.930. The highest BCUT2D eigenvalue weighted by Crippen LogP contribution is 2.20. The van der Waals surface area contributed by atoms with E-state index in [9.17, 15) is 9.59 Å². The molecule has 1 rings (SSSR count). The number of thioether (sulfide) groups is 1.